The largest absolute Gasteiger partial charge is 0.341 e. The molecule has 178 valence electrons. The SMILES string of the molecule is O=C(CN1C(=O)S/C(=C\c2cn(CC(=O)N3CCCC3)c3ccc(Br)cc23)C1=O)c1ccccc1. The van der Waals surface area contributed by atoms with E-state index in [1.54, 1.807) is 36.4 Å². The van der Waals surface area contributed by atoms with Crippen molar-refractivity contribution in [1.82, 2.24) is 14.4 Å². The average molecular weight is 552 g/mol. The molecular weight excluding hydrogens is 530 g/mol. The number of carbonyl (C=O) groups is 4. The number of hydrogen-bond donors (Lipinski definition) is 0. The number of hydrogen-bond acceptors (Lipinski definition) is 5. The van der Waals surface area contributed by atoms with Gasteiger partial charge < -0.3 is 9.47 Å². The summed E-state index contributed by atoms with van der Waals surface area (Å²) < 4.78 is 2.75. The van der Waals surface area contributed by atoms with E-state index in [0.717, 1.165) is 63.5 Å². The summed E-state index contributed by atoms with van der Waals surface area (Å²) in [4.78, 5) is 54.1. The Morgan fingerprint density at radius 3 is 2.49 bits per heavy atom. The highest BCUT2D eigenvalue weighted by atomic mass is 79.9. The van der Waals surface area contributed by atoms with Gasteiger partial charge >= 0.3 is 0 Å². The first kappa shape index (κ1) is 23.6. The summed E-state index contributed by atoms with van der Waals surface area (Å²) in [5.41, 5.74) is 2.05. The minimum Gasteiger partial charge on any atom is -0.341 e. The molecule has 0 bridgehead atoms. The molecule has 2 aromatic carbocycles. The van der Waals surface area contributed by atoms with Crippen LogP contribution in [-0.4, -0.2) is 56.8 Å². The van der Waals surface area contributed by atoms with Crippen LogP contribution in [0.25, 0.3) is 17.0 Å². The van der Waals surface area contributed by atoms with Crippen molar-refractivity contribution in [3.8, 4) is 0 Å². The van der Waals surface area contributed by atoms with E-state index >= 15 is 0 Å². The number of halogens is 1. The van der Waals surface area contributed by atoms with Crippen molar-refractivity contribution in [2.75, 3.05) is 19.6 Å². The molecule has 0 radical (unpaired) electrons. The van der Waals surface area contributed by atoms with Crippen molar-refractivity contribution in [1.29, 1.82) is 0 Å². The maximum atomic E-state index is 13.0. The third kappa shape index (κ3) is 4.83. The van der Waals surface area contributed by atoms with Crippen molar-refractivity contribution < 1.29 is 19.2 Å². The molecule has 3 amide bonds. The van der Waals surface area contributed by atoms with Gasteiger partial charge in [-0.15, -0.1) is 0 Å². The van der Waals surface area contributed by atoms with Gasteiger partial charge in [-0.3, -0.25) is 24.1 Å². The molecule has 0 unspecified atom stereocenters. The Morgan fingerprint density at radius 2 is 1.74 bits per heavy atom. The number of nitrogens with zero attached hydrogens (tertiary/aromatic N) is 3. The van der Waals surface area contributed by atoms with Crippen LogP contribution in [0.2, 0.25) is 0 Å². The van der Waals surface area contributed by atoms with Crippen LogP contribution in [0, 0.1) is 0 Å². The second-order valence-electron chi connectivity index (χ2n) is 8.52. The normalized spacial score (nSPS) is 17.2. The van der Waals surface area contributed by atoms with E-state index in [0.29, 0.717) is 5.56 Å². The molecule has 7 nitrogen and oxygen atoms in total. The minimum absolute atomic E-state index is 0.0635. The van der Waals surface area contributed by atoms with Crippen LogP contribution in [0.15, 0.2) is 64.1 Å². The van der Waals surface area contributed by atoms with Crippen LogP contribution in [0.3, 0.4) is 0 Å². The Morgan fingerprint density at radius 1 is 1.00 bits per heavy atom. The van der Waals surface area contributed by atoms with E-state index in [1.807, 2.05) is 33.9 Å². The number of imide groups is 1. The first-order valence-electron chi connectivity index (χ1n) is 11.3. The predicted octanol–water partition coefficient (Wildman–Crippen LogP) is 4.95. The number of aromatic nitrogens is 1. The maximum Gasteiger partial charge on any atom is 0.293 e. The monoisotopic (exact) mass is 551 g/mol. The Hall–Kier alpha value is -3.17. The second-order valence-corrected chi connectivity index (χ2v) is 10.4. The summed E-state index contributed by atoms with van der Waals surface area (Å²) in [5.74, 6) is -0.725. The van der Waals surface area contributed by atoms with Crippen LogP contribution < -0.4 is 0 Å². The average Bonchev–Trinajstić information content (AvgIpc) is 3.56. The van der Waals surface area contributed by atoms with Crippen LogP contribution in [0.4, 0.5) is 4.79 Å². The summed E-state index contributed by atoms with van der Waals surface area (Å²) in [6.07, 6.45) is 5.57. The third-order valence-electron chi connectivity index (χ3n) is 6.20. The van der Waals surface area contributed by atoms with E-state index < -0.39 is 11.1 Å². The molecule has 2 saturated heterocycles. The minimum atomic E-state index is -0.492. The molecule has 1 aromatic heterocycles. The van der Waals surface area contributed by atoms with Gasteiger partial charge in [-0.25, -0.2) is 0 Å². The van der Waals surface area contributed by atoms with Crippen molar-refractivity contribution >= 4 is 67.5 Å². The lowest BCUT2D eigenvalue weighted by atomic mass is 10.1. The lowest BCUT2D eigenvalue weighted by Gasteiger charge is -2.16. The molecule has 2 aliphatic rings. The Kier molecular flexibility index (Phi) is 6.62. The van der Waals surface area contributed by atoms with Gasteiger partial charge in [-0.1, -0.05) is 46.3 Å². The molecular formula is C26H22BrN3O4S. The highest BCUT2D eigenvalue weighted by Gasteiger charge is 2.36. The number of rotatable bonds is 6. The summed E-state index contributed by atoms with van der Waals surface area (Å²) in [6, 6.07) is 14.4. The molecule has 0 saturated carbocycles. The van der Waals surface area contributed by atoms with E-state index in [9.17, 15) is 19.2 Å². The fourth-order valence-corrected chi connectivity index (χ4v) is 5.58. The number of fused-ring (bicyclic) bond motifs is 1. The van der Waals surface area contributed by atoms with Gasteiger partial charge in [0.05, 0.1) is 11.4 Å². The maximum absolute atomic E-state index is 13.0. The number of likely N-dealkylation sites (tertiary alicyclic amines) is 1. The molecule has 0 N–H and O–H groups in total. The highest BCUT2D eigenvalue weighted by molar-refractivity contribution is 9.10. The fraction of sp³-hybridized carbons (Fsp3) is 0.231. The Balaban J connectivity index is 1.42. The van der Waals surface area contributed by atoms with Gasteiger partial charge in [0.2, 0.25) is 5.91 Å². The first-order chi connectivity index (χ1) is 16.9. The van der Waals surface area contributed by atoms with E-state index in [4.69, 9.17) is 0 Å². The number of carbonyl (C=O) groups excluding carboxylic acids is 4. The predicted molar refractivity (Wildman–Crippen MR) is 139 cm³/mol. The van der Waals surface area contributed by atoms with Crippen molar-refractivity contribution in [2.45, 2.75) is 19.4 Å². The number of Topliss-reactive ketones (excluding diaryl/α,β-unsaturated/α-hetero) is 1. The molecule has 3 heterocycles. The van der Waals surface area contributed by atoms with Gasteiger partial charge in [0, 0.05) is 45.8 Å². The fourth-order valence-electron chi connectivity index (χ4n) is 4.39. The molecule has 35 heavy (non-hydrogen) atoms. The van der Waals surface area contributed by atoms with Crippen LogP contribution in [0.1, 0.15) is 28.8 Å². The molecule has 2 fully saturated rings. The van der Waals surface area contributed by atoms with Gasteiger partial charge in [0.25, 0.3) is 11.1 Å². The quantitative estimate of drug-likeness (QED) is 0.320. The zero-order valence-electron chi connectivity index (χ0n) is 18.8. The van der Waals surface area contributed by atoms with Gasteiger partial charge in [0.1, 0.15) is 6.54 Å². The molecule has 5 rings (SSSR count). The summed E-state index contributed by atoms with van der Waals surface area (Å²) in [5, 5.41) is 0.389. The van der Waals surface area contributed by atoms with Crippen LogP contribution >= 0.6 is 27.7 Å². The summed E-state index contributed by atoms with van der Waals surface area (Å²) in [7, 11) is 0. The standard InChI is InChI=1S/C26H22BrN3O4S/c27-19-8-9-21-20(13-19)18(14-29(21)16-24(32)28-10-4-5-11-28)12-23-25(33)30(26(34)35-23)15-22(31)17-6-2-1-3-7-17/h1-3,6-9,12-14H,4-5,10-11,15-16H2/b23-12-. The summed E-state index contributed by atoms with van der Waals surface area (Å²) >= 11 is 4.32. The Labute approximate surface area is 214 Å². The van der Waals surface area contributed by atoms with E-state index in [-0.39, 0.29) is 29.7 Å². The third-order valence-corrected chi connectivity index (χ3v) is 7.60. The zero-order valence-corrected chi connectivity index (χ0v) is 21.2. The molecule has 0 spiro atoms. The molecule has 2 aliphatic heterocycles. The van der Waals surface area contributed by atoms with E-state index in [1.165, 1.54) is 0 Å². The molecule has 0 aliphatic carbocycles. The second kappa shape index (κ2) is 9.83. The van der Waals surface area contributed by atoms with Gasteiger partial charge in [0.15, 0.2) is 5.78 Å². The highest BCUT2D eigenvalue weighted by Crippen LogP contribution is 2.35. The van der Waals surface area contributed by atoms with Crippen LogP contribution in [-0.2, 0) is 16.1 Å². The molecule has 0 atom stereocenters. The lowest BCUT2D eigenvalue weighted by Crippen LogP contribution is -2.33. The first-order valence-corrected chi connectivity index (χ1v) is 12.9. The smallest absolute Gasteiger partial charge is 0.293 e. The topological polar surface area (TPSA) is 79.7 Å². The number of benzene rings is 2. The lowest BCUT2D eigenvalue weighted by molar-refractivity contribution is -0.130. The van der Waals surface area contributed by atoms with Crippen molar-refractivity contribution in [2.24, 2.45) is 0 Å². The van der Waals surface area contributed by atoms with Gasteiger partial charge in [-0.2, -0.15) is 0 Å². The van der Waals surface area contributed by atoms with Crippen molar-refractivity contribution in [3.63, 3.8) is 0 Å². The van der Waals surface area contributed by atoms with E-state index in [2.05, 4.69) is 15.9 Å². The number of ketones is 1. The molecule has 3 aromatic rings. The van der Waals surface area contributed by atoms with Crippen LogP contribution in [0.5, 0.6) is 0 Å². The molecule has 9 heteroatoms. The zero-order chi connectivity index (χ0) is 24.5. The number of amides is 3. The van der Waals surface area contributed by atoms with Crippen molar-refractivity contribution in [3.05, 3.63) is 75.2 Å². The number of thioether (sulfide) groups is 1. The summed E-state index contributed by atoms with van der Waals surface area (Å²) in [6.45, 7) is 1.47. The Bertz CT molecular complexity index is 1380. The van der Waals surface area contributed by atoms with Gasteiger partial charge in [-0.05, 0) is 48.9 Å².